The Balaban J connectivity index is 1.51. The SMILES string of the molecule is CCO/C=N/c1c(C#N)cnn1CCCc1ccc(OCc2ccccc2)cc1. The van der Waals surface area contributed by atoms with Crippen LogP contribution in [0.5, 0.6) is 5.75 Å². The van der Waals surface area contributed by atoms with E-state index >= 15 is 0 Å². The molecule has 2 aromatic carbocycles. The number of ether oxygens (including phenoxy) is 2. The minimum Gasteiger partial charge on any atom is -0.489 e. The van der Waals surface area contributed by atoms with Gasteiger partial charge in [-0.2, -0.15) is 15.4 Å². The molecule has 0 aliphatic carbocycles. The third-order valence-corrected chi connectivity index (χ3v) is 4.36. The van der Waals surface area contributed by atoms with Crippen molar-refractivity contribution in [2.75, 3.05) is 6.61 Å². The zero-order valence-electron chi connectivity index (χ0n) is 16.5. The summed E-state index contributed by atoms with van der Waals surface area (Å²) in [6, 6.07) is 20.4. The van der Waals surface area contributed by atoms with Crippen molar-refractivity contribution in [3.63, 3.8) is 0 Å². The Labute approximate surface area is 171 Å². The monoisotopic (exact) mass is 388 g/mol. The average Bonchev–Trinajstić information content (AvgIpc) is 3.16. The van der Waals surface area contributed by atoms with Gasteiger partial charge in [0, 0.05) is 6.54 Å². The Morgan fingerprint density at radius 2 is 1.90 bits per heavy atom. The second kappa shape index (κ2) is 10.7. The highest BCUT2D eigenvalue weighted by atomic mass is 16.5. The number of nitriles is 1. The van der Waals surface area contributed by atoms with Gasteiger partial charge in [0.2, 0.25) is 0 Å². The van der Waals surface area contributed by atoms with Crippen LogP contribution >= 0.6 is 0 Å². The fraction of sp³-hybridized carbons (Fsp3) is 0.261. The number of aromatic nitrogens is 2. The third kappa shape index (κ3) is 5.94. The number of hydrogen-bond acceptors (Lipinski definition) is 5. The van der Waals surface area contributed by atoms with Crippen LogP contribution in [0.1, 0.15) is 30.0 Å². The molecule has 1 aromatic heterocycles. The van der Waals surface area contributed by atoms with Crippen LogP contribution in [0.15, 0.2) is 65.8 Å². The van der Waals surface area contributed by atoms with E-state index in [-0.39, 0.29) is 0 Å². The van der Waals surface area contributed by atoms with Gasteiger partial charge >= 0.3 is 0 Å². The molecule has 0 bridgehead atoms. The standard InChI is InChI=1S/C23H24N4O2/c1-2-28-18-25-23-21(15-24)16-26-27(23)14-6-9-19-10-12-22(13-11-19)29-17-20-7-4-3-5-8-20/h3-5,7-8,10-13,16,18H,2,6,9,14,17H2,1H3/b25-18+. The maximum atomic E-state index is 9.20. The summed E-state index contributed by atoms with van der Waals surface area (Å²) in [7, 11) is 0. The van der Waals surface area contributed by atoms with Gasteiger partial charge < -0.3 is 9.47 Å². The zero-order valence-corrected chi connectivity index (χ0v) is 16.5. The van der Waals surface area contributed by atoms with E-state index in [4.69, 9.17) is 9.47 Å². The fourth-order valence-electron chi connectivity index (χ4n) is 2.85. The van der Waals surface area contributed by atoms with E-state index < -0.39 is 0 Å². The van der Waals surface area contributed by atoms with Crippen LogP contribution < -0.4 is 4.74 Å². The van der Waals surface area contributed by atoms with Crippen LogP contribution in [-0.2, 0) is 24.3 Å². The normalized spacial score (nSPS) is 10.8. The summed E-state index contributed by atoms with van der Waals surface area (Å²) in [4.78, 5) is 4.22. The number of hydrogen-bond donors (Lipinski definition) is 0. The van der Waals surface area contributed by atoms with Gasteiger partial charge in [-0.1, -0.05) is 42.5 Å². The molecule has 0 aliphatic rings. The van der Waals surface area contributed by atoms with E-state index in [9.17, 15) is 5.26 Å². The lowest BCUT2D eigenvalue weighted by Gasteiger charge is -2.08. The predicted octanol–water partition coefficient (Wildman–Crippen LogP) is 4.66. The smallest absolute Gasteiger partial charge is 0.176 e. The first-order valence-corrected chi connectivity index (χ1v) is 9.66. The molecule has 6 nitrogen and oxygen atoms in total. The van der Waals surface area contributed by atoms with Crippen molar-refractivity contribution in [2.24, 2.45) is 4.99 Å². The van der Waals surface area contributed by atoms with Crippen molar-refractivity contribution in [2.45, 2.75) is 32.9 Å². The van der Waals surface area contributed by atoms with Gasteiger partial charge in [-0.25, -0.2) is 4.68 Å². The molecule has 0 unspecified atom stereocenters. The Morgan fingerprint density at radius 1 is 1.10 bits per heavy atom. The molecule has 3 rings (SSSR count). The number of nitrogens with zero attached hydrogens (tertiary/aromatic N) is 4. The minimum atomic E-state index is 0.445. The number of rotatable bonds is 10. The van der Waals surface area contributed by atoms with Gasteiger partial charge in [-0.3, -0.25) is 0 Å². The second-order valence-corrected chi connectivity index (χ2v) is 6.43. The zero-order chi connectivity index (χ0) is 20.3. The molecule has 0 spiro atoms. The fourth-order valence-corrected chi connectivity index (χ4v) is 2.85. The van der Waals surface area contributed by atoms with E-state index in [1.165, 1.54) is 18.2 Å². The summed E-state index contributed by atoms with van der Waals surface area (Å²) in [5, 5.41) is 13.5. The summed E-state index contributed by atoms with van der Waals surface area (Å²) in [6.45, 7) is 3.65. The van der Waals surface area contributed by atoms with Crippen LogP contribution in [0.25, 0.3) is 0 Å². The molecule has 0 saturated carbocycles. The molecular weight excluding hydrogens is 364 g/mol. The number of aliphatic imine (C=N–C) groups is 1. The molecular formula is C23H24N4O2. The molecule has 0 N–H and O–H groups in total. The van der Waals surface area contributed by atoms with E-state index in [0.29, 0.717) is 31.1 Å². The molecule has 0 aliphatic heterocycles. The van der Waals surface area contributed by atoms with Crippen LogP contribution in [0, 0.1) is 11.3 Å². The molecule has 6 heteroatoms. The highest BCUT2D eigenvalue weighted by Crippen LogP contribution is 2.19. The first kappa shape index (κ1) is 20.2. The van der Waals surface area contributed by atoms with Gasteiger partial charge in [0.1, 0.15) is 24.0 Å². The van der Waals surface area contributed by atoms with Crippen LogP contribution in [0.3, 0.4) is 0 Å². The maximum absolute atomic E-state index is 9.20. The Morgan fingerprint density at radius 3 is 2.62 bits per heavy atom. The van der Waals surface area contributed by atoms with E-state index in [1.54, 1.807) is 4.68 Å². The van der Waals surface area contributed by atoms with Gasteiger partial charge in [-0.15, -0.1) is 0 Å². The second-order valence-electron chi connectivity index (χ2n) is 6.43. The van der Waals surface area contributed by atoms with Crippen LogP contribution in [-0.4, -0.2) is 22.8 Å². The Hall–Kier alpha value is -3.59. The van der Waals surface area contributed by atoms with Crippen molar-refractivity contribution in [1.82, 2.24) is 9.78 Å². The van der Waals surface area contributed by atoms with Crippen LogP contribution in [0.4, 0.5) is 5.82 Å². The average molecular weight is 388 g/mol. The highest BCUT2D eigenvalue weighted by molar-refractivity contribution is 5.58. The van der Waals surface area contributed by atoms with E-state index in [1.807, 2.05) is 49.4 Å². The molecule has 0 atom stereocenters. The first-order chi connectivity index (χ1) is 14.3. The van der Waals surface area contributed by atoms with Crippen molar-refractivity contribution >= 4 is 12.2 Å². The summed E-state index contributed by atoms with van der Waals surface area (Å²) >= 11 is 0. The lowest BCUT2D eigenvalue weighted by molar-refractivity contribution is 0.306. The Bertz CT molecular complexity index is 957. The van der Waals surface area contributed by atoms with Gasteiger partial charge in [0.05, 0.1) is 12.8 Å². The first-order valence-electron chi connectivity index (χ1n) is 9.66. The van der Waals surface area contributed by atoms with Crippen molar-refractivity contribution < 1.29 is 9.47 Å². The molecule has 0 fully saturated rings. The molecule has 148 valence electrons. The summed E-state index contributed by atoms with van der Waals surface area (Å²) in [6.07, 6.45) is 4.68. The molecule has 0 saturated heterocycles. The molecule has 29 heavy (non-hydrogen) atoms. The van der Waals surface area contributed by atoms with Crippen molar-refractivity contribution in [3.8, 4) is 11.8 Å². The summed E-state index contributed by atoms with van der Waals surface area (Å²) in [5.41, 5.74) is 2.82. The lowest BCUT2D eigenvalue weighted by atomic mass is 10.1. The summed E-state index contributed by atoms with van der Waals surface area (Å²) in [5.74, 6) is 1.39. The Kier molecular flexibility index (Phi) is 7.41. The van der Waals surface area contributed by atoms with Gasteiger partial charge in [-0.05, 0) is 43.0 Å². The highest BCUT2D eigenvalue weighted by Gasteiger charge is 2.09. The van der Waals surface area contributed by atoms with E-state index in [0.717, 1.165) is 24.2 Å². The molecule has 0 radical (unpaired) electrons. The van der Waals surface area contributed by atoms with E-state index in [2.05, 4.69) is 28.3 Å². The van der Waals surface area contributed by atoms with Crippen LogP contribution in [0.2, 0.25) is 0 Å². The maximum Gasteiger partial charge on any atom is 0.176 e. The number of benzene rings is 2. The predicted molar refractivity (Wildman–Crippen MR) is 112 cm³/mol. The third-order valence-electron chi connectivity index (χ3n) is 4.36. The largest absolute Gasteiger partial charge is 0.489 e. The van der Waals surface area contributed by atoms with Crippen molar-refractivity contribution in [1.29, 1.82) is 5.26 Å². The summed E-state index contributed by atoms with van der Waals surface area (Å²) < 4.78 is 12.7. The topological polar surface area (TPSA) is 72.4 Å². The van der Waals surface area contributed by atoms with Gasteiger partial charge in [0.25, 0.3) is 0 Å². The molecule has 1 heterocycles. The molecule has 0 amide bonds. The van der Waals surface area contributed by atoms with Crippen molar-refractivity contribution in [3.05, 3.63) is 77.5 Å². The minimum absolute atomic E-state index is 0.445. The lowest BCUT2D eigenvalue weighted by Crippen LogP contribution is -2.02. The molecule has 3 aromatic rings. The quantitative estimate of drug-likeness (QED) is 0.374. The van der Waals surface area contributed by atoms with Gasteiger partial charge in [0.15, 0.2) is 12.2 Å². The number of aryl methyl sites for hydroxylation is 2.